The van der Waals surface area contributed by atoms with Crippen molar-refractivity contribution in [2.24, 2.45) is 0 Å². The van der Waals surface area contributed by atoms with Crippen LogP contribution in [0, 0.1) is 0 Å². The van der Waals surface area contributed by atoms with Crippen LogP contribution in [-0.4, -0.2) is 69.7 Å². The van der Waals surface area contributed by atoms with Gasteiger partial charge in [0.25, 0.3) is 5.91 Å². The number of hydrogen-bond donors (Lipinski definition) is 2. The fraction of sp³-hybridized carbons (Fsp3) is 0.667. The summed E-state index contributed by atoms with van der Waals surface area (Å²) in [5.41, 5.74) is 0.434. The lowest BCUT2D eigenvalue weighted by Gasteiger charge is -2.28. The first-order valence-corrected chi connectivity index (χ1v) is 9.49. The predicted octanol–water partition coefficient (Wildman–Crippen LogP) is 0.923. The van der Waals surface area contributed by atoms with E-state index in [-0.39, 0.29) is 30.3 Å². The van der Waals surface area contributed by atoms with Gasteiger partial charge in [-0.2, -0.15) is 0 Å². The number of H-pyrrole nitrogens is 1. The Bertz CT molecular complexity index is 631. The number of aromatic amines is 1. The number of nitrogens with zero attached hydrogens (tertiary/aromatic N) is 3. The Labute approximate surface area is 153 Å². The highest BCUT2D eigenvalue weighted by molar-refractivity contribution is 5.91. The maximum atomic E-state index is 12.7. The number of aromatic nitrogens is 2. The lowest BCUT2D eigenvalue weighted by Crippen LogP contribution is -2.45. The molecule has 0 radical (unpaired) electrons. The Balaban J connectivity index is 1.47. The smallest absolute Gasteiger partial charge is 0.269 e. The van der Waals surface area contributed by atoms with Crippen LogP contribution >= 0.6 is 0 Å². The van der Waals surface area contributed by atoms with Crippen LogP contribution in [0.5, 0.6) is 0 Å². The molecule has 2 aliphatic heterocycles. The molecule has 2 saturated heterocycles. The van der Waals surface area contributed by atoms with E-state index in [9.17, 15) is 14.4 Å². The second-order valence-electron chi connectivity index (χ2n) is 7.02. The maximum Gasteiger partial charge on any atom is 0.269 e. The summed E-state index contributed by atoms with van der Waals surface area (Å²) in [6.07, 6.45) is 9.09. The van der Waals surface area contributed by atoms with Crippen molar-refractivity contribution >= 4 is 17.7 Å². The Morgan fingerprint density at radius 1 is 1.23 bits per heavy atom. The SMILES string of the molecule is O=C(NCC[C@@H]1CCCN1C(=O)CN1CCCCCC1=O)c1cnc[nH]1. The van der Waals surface area contributed by atoms with Crippen LogP contribution in [0.4, 0.5) is 0 Å². The number of hydrogen-bond acceptors (Lipinski definition) is 4. The average Bonchev–Trinajstić information content (AvgIpc) is 3.28. The molecule has 1 aromatic rings. The molecule has 0 aromatic carbocycles. The number of carbonyl (C=O) groups excluding carboxylic acids is 3. The zero-order chi connectivity index (χ0) is 18.4. The second-order valence-corrected chi connectivity index (χ2v) is 7.02. The molecular weight excluding hydrogens is 334 g/mol. The molecule has 8 heteroatoms. The predicted molar refractivity (Wildman–Crippen MR) is 95.3 cm³/mol. The van der Waals surface area contributed by atoms with Gasteiger partial charge in [0.15, 0.2) is 0 Å². The molecule has 0 bridgehead atoms. The molecule has 8 nitrogen and oxygen atoms in total. The summed E-state index contributed by atoms with van der Waals surface area (Å²) in [4.78, 5) is 46.9. The minimum atomic E-state index is -0.187. The fourth-order valence-corrected chi connectivity index (χ4v) is 3.75. The van der Waals surface area contributed by atoms with Crippen molar-refractivity contribution in [3.8, 4) is 0 Å². The Morgan fingerprint density at radius 2 is 2.12 bits per heavy atom. The van der Waals surface area contributed by atoms with Gasteiger partial charge in [-0.05, 0) is 32.1 Å². The van der Waals surface area contributed by atoms with E-state index in [1.807, 2.05) is 4.90 Å². The number of carbonyl (C=O) groups is 3. The van der Waals surface area contributed by atoms with E-state index in [0.717, 1.165) is 45.1 Å². The van der Waals surface area contributed by atoms with Crippen molar-refractivity contribution in [1.29, 1.82) is 0 Å². The van der Waals surface area contributed by atoms with Crippen molar-refractivity contribution in [1.82, 2.24) is 25.1 Å². The van der Waals surface area contributed by atoms with E-state index in [1.54, 1.807) is 4.90 Å². The van der Waals surface area contributed by atoms with Crippen molar-refractivity contribution in [2.75, 3.05) is 26.2 Å². The summed E-state index contributed by atoms with van der Waals surface area (Å²) in [6.45, 7) is 2.12. The van der Waals surface area contributed by atoms with Gasteiger partial charge in [-0.15, -0.1) is 0 Å². The quantitative estimate of drug-likeness (QED) is 0.787. The van der Waals surface area contributed by atoms with Crippen LogP contribution in [0.2, 0.25) is 0 Å². The molecule has 0 aliphatic carbocycles. The van der Waals surface area contributed by atoms with Crippen LogP contribution in [0.15, 0.2) is 12.5 Å². The van der Waals surface area contributed by atoms with Gasteiger partial charge >= 0.3 is 0 Å². The van der Waals surface area contributed by atoms with Crippen molar-refractivity contribution in [3.05, 3.63) is 18.2 Å². The van der Waals surface area contributed by atoms with Gasteiger partial charge in [0.05, 0.1) is 19.1 Å². The number of amides is 3. The molecule has 2 N–H and O–H groups in total. The molecule has 2 fully saturated rings. The summed E-state index contributed by atoms with van der Waals surface area (Å²) in [5, 5.41) is 2.86. The van der Waals surface area contributed by atoms with Crippen LogP contribution in [0.1, 0.15) is 55.4 Å². The van der Waals surface area contributed by atoms with E-state index < -0.39 is 0 Å². The van der Waals surface area contributed by atoms with E-state index in [0.29, 0.717) is 25.2 Å². The molecule has 3 rings (SSSR count). The lowest BCUT2D eigenvalue weighted by molar-refractivity contribution is -0.140. The van der Waals surface area contributed by atoms with E-state index in [4.69, 9.17) is 0 Å². The molecule has 1 aromatic heterocycles. The van der Waals surface area contributed by atoms with Crippen LogP contribution in [0.3, 0.4) is 0 Å². The number of nitrogens with one attached hydrogen (secondary N) is 2. The third kappa shape index (κ3) is 4.62. The highest BCUT2D eigenvalue weighted by Gasteiger charge is 2.30. The summed E-state index contributed by atoms with van der Waals surface area (Å²) >= 11 is 0. The Hall–Kier alpha value is -2.38. The molecule has 3 amide bonds. The van der Waals surface area contributed by atoms with Gasteiger partial charge in [-0.1, -0.05) is 6.42 Å². The van der Waals surface area contributed by atoms with E-state index in [2.05, 4.69) is 15.3 Å². The van der Waals surface area contributed by atoms with Gasteiger partial charge in [-0.3, -0.25) is 14.4 Å². The standard InChI is InChI=1S/C18H27N5O3/c24-16-6-2-1-3-9-22(16)12-17(25)23-10-4-5-14(23)7-8-20-18(26)15-11-19-13-21-15/h11,13-14H,1-10,12H2,(H,19,21)(H,20,26)/t14-/m0/s1. The van der Waals surface area contributed by atoms with Gasteiger partial charge in [0.2, 0.25) is 11.8 Å². The normalized spacial score (nSPS) is 20.9. The first-order valence-electron chi connectivity index (χ1n) is 9.49. The zero-order valence-electron chi connectivity index (χ0n) is 15.1. The molecule has 1 atom stereocenters. The number of rotatable bonds is 6. The summed E-state index contributed by atoms with van der Waals surface area (Å²) < 4.78 is 0. The number of imidazole rings is 1. The van der Waals surface area contributed by atoms with Gasteiger partial charge in [-0.25, -0.2) is 4.98 Å². The fourth-order valence-electron chi connectivity index (χ4n) is 3.75. The van der Waals surface area contributed by atoms with Gasteiger partial charge in [0, 0.05) is 32.1 Å². The van der Waals surface area contributed by atoms with Crippen LogP contribution in [0.25, 0.3) is 0 Å². The molecule has 142 valence electrons. The lowest BCUT2D eigenvalue weighted by atomic mass is 10.1. The number of likely N-dealkylation sites (tertiary alicyclic amines) is 2. The van der Waals surface area contributed by atoms with Crippen molar-refractivity contribution in [2.45, 2.75) is 51.0 Å². The average molecular weight is 361 g/mol. The Kier molecular flexibility index (Phi) is 6.25. The molecule has 0 saturated carbocycles. The first kappa shape index (κ1) is 18.4. The summed E-state index contributed by atoms with van der Waals surface area (Å²) in [7, 11) is 0. The molecule has 3 heterocycles. The highest BCUT2D eigenvalue weighted by atomic mass is 16.2. The van der Waals surface area contributed by atoms with Crippen molar-refractivity contribution < 1.29 is 14.4 Å². The summed E-state index contributed by atoms with van der Waals surface area (Å²) in [5.74, 6) is -0.0606. The monoisotopic (exact) mass is 361 g/mol. The molecule has 2 aliphatic rings. The molecule has 0 spiro atoms. The second kappa shape index (κ2) is 8.82. The van der Waals surface area contributed by atoms with E-state index in [1.165, 1.54) is 12.5 Å². The van der Waals surface area contributed by atoms with Crippen LogP contribution < -0.4 is 5.32 Å². The van der Waals surface area contributed by atoms with E-state index >= 15 is 0 Å². The zero-order valence-corrected chi connectivity index (χ0v) is 15.1. The molecule has 0 unspecified atom stereocenters. The minimum absolute atomic E-state index is 0.0302. The maximum absolute atomic E-state index is 12.7. The minimum Gasteiger partial charge on any atom is -0.351 e. The topological polar surface area (TPSA) is 98.4 Å². The Morgan fingerprint density at radius 3 is 2.92 bits per heavy atom. The summed E-state index contributed by atoms with van der Waals surface area (Å²) in [6, 6.07) is 0.131. The molecule has 26 heavy (non-hydrogen) atoms. The first-order chi connectivity index (χ1) is 12.6. The molecular formula is C18H27N5O3. The van der Waals surface area contributed by atoms with Crippen molar-refractivity contribution in [3.63, 3.8) is 0 Å². The van der Waals surface area contributed by atoms with Gasteiger partial charge < -0.3 is 20.1 Å². The largest absolute Gasteiger partial charge is 0.351 e. The third-order valence-corrected chi connectivity index (χ3v) is 5.20. The third-order valence-electron chi connectivity index (χ3n) is 5.20. The van der Waals surface area contributed by atoms with Gasteiger partial charge in [0.1, 0.15) is 5.69 Å². The highest BCUT2D eigenvalue weighted by Crippen LogP contribution is 2.21. The van der Waals surface area contributed by atoms with Crippen LogP contribution in [-0.2, 0) is 9.59 Å².